The number of ether oxygens (including phenoxy) is 1. The lowest BCUT2D eigenvalue weighted by Gasteiger charge is -2.50. The molecule has 4 rings (SSSR count). The molecule has 0 amide bonds. The molecule has 2 spiro atoms. The van der Waals surface area contributed by atoms with Crippen molar-refractivity contribution < 1.29 is 14.3 Å². The van der Waals surface area contributed by atoms with Crippen LogP contribution in [0.1, 0.15) is 69.5 Å². The average molecular weight is 391 g/mol. The quantitative estimate of drug-likeness (QED) is 0.493. The number of cyclic esters (lactones) is 1. The highest BCUT2D eigenvalue weighted by Gasteiger charge is 2.64. The molecule has 0 N–H and O–H groups in total. The van der Waals surface area contributed by atoms with Crippen molar-refractivity contribution in [3.8, 4) is 0 Å². The number of esters is 1. The van der Waals surface area contributed by atoms with Gasteiger partial charge in [-0.15, -0.1) is 0 Å². The van der Waals surface area contributed by atoms with E-state index in [1.54, 1.807) is 0 Å². The van der Waals surface area contributed by atoms with Crippen LogP contribution in [-0.4, -0.2) is 11.8 Å². The molecule has 1 aliphatic heterocycles. The first-order valence-electron chi connectivity index (χ1n) is 9.10. The number of hydrogen-bond acceptors (Lipinski definition) is 3. The molecule has 0 aromatic heterocycles. The van der Waals surface area contributed by atoms with Crippen LogP contribution in [-0.2, 0) is 14.3 Å². The lowest BCUT2D eigenvalue weighted by atomic mass is 9.57. The number of benzene rings is 1. The largest absolute Gasteiger partial charge is 0.456 e. The summed E-state index contributed by atoms with van der Waals surface area (Å²) in [4.78, 5) is 26.5. The van der Waals surface area contributed by atoms with Crippen LogP contribution in [0.25, 0.3) is 0 Å². The fraction of sp³-hybridized carbons (Fsp3) is 0.600. The van der Waals surface area contributed by atoms with Crippen molar-refractivity contribution in [1.82, 2.24) is 0 Å². The van der Waals surface area contributed by atoms with Crippen LogP contribution < -0.4 is 0 Å². The van der Waals surface area contributed by atoms with Crippen molar-refractivity contribution in [1.29, 1.82) is 0 Å². The van der Waals surface area contributed by atoms with Crippen molar-refractivity contribution in [3.05, 3.63) is 34.3 Å². The highest BCUT2D eigenvalue weighted by atomic mass is 79.9. The van der Waals surface area contributed by atoms with Crippen LogP contribution in [0.4, 0.5) is 0 Å². The number of carbonyl (C=O) groups is 2. The predicted molar refractivity (Wildman–Crippen MR) is 94.4 cm³/mol. The zero-order chi connectivity index (χ0) is 16.8. The van der Waals surface area contributed by atoms with Gasteiger partial charge in [0.15, 0.2) is 5.78 Å². The number of halogens is 1. The molecular formula is C20H23BrO3. The Bertz CT molecular complexity index is 652. The topological polar surface area (TPSA) is 43.4 Å². The van der Waals surface area contributed by atoms with E-state index in [-0.39, 0.29) is 11.8 Å². The lowest BCUT2D eigenvalue weighted by molar-refractivity contribution is -0.195. The first-order chi connectivity index (χ1) is 11.6. The minimum Gasteiger partial charge on any atom is -0.456 e. The van der Waals surface area contributed by atoms with Crippen LogP contribution >= 0.6 is 15.9 Å². The Labute approximate surface area is 151 Å². The highest BCUT2D eigenvalue weighted by Crippen LogP contribution is 2.59. The summed E-state index contributed by atoms with van der Waals surface area (Å²) in [6.45, 7) is 0. The molecule has 1 aromatic carbocycles. The van der Waals surface area contributed by atoms with Crippen LogP contribution in [0.2, 0.25) is 0 Å². The molecule has 1 saturated heterocycles. The smallest absolute Gasteiger partial charge is 0.320 e. The van der Waals surface area contributed by atoms with Gasteiger partial charge in [-0.1, -0.05) is 60.2 Å². The zero-order valence-corrected chi connectivity index (χ0v) is 15.4. The van der Waals surface area contributed by atoms with E-state index < -0.39 is 16.9 Å². The standard InChI is InChI=1S/C20H23BrO3/c21-15-8-6-14(7-9-15)16-19(10-2-1-3-11-19)17(22)20(18(23)24-16)12-4-5-13-20/h6-9,16H,1-5,10-13H2/t16-/m1/s1. The average Bonchev–Trinajstić information content (AvgIpc) is 3.10. The maximum Gasteiger partial charge on any atom is 0.320 e. The van der Waals surface area contributed by atoms with Crippen LogP contribution in [0.5, 0.6) is 0 Å². The first kappa shape index (κ1) is 16.3. The normalized spacial score (nSPS) is 28.3. The van der Waals surface area contributed by atoms with Gasteiger partial charge in [-0.05, 0) is 43.4 Å². The molecule has 3 fully saturated rings. The molecule has 4 heteroatoms. The van der Waals surface area contributed by atoms with E-state index >= 15 is 0 Å². The summed E-state index contributed by atoms with van der Waals surface area (Å²) >= 11 is 3.45. The summed E-state index contributed by atoms with van der Waals surface area (Å²) in [6.07, 6.45) is 7.82. The van der Waals surface area contributed by atoms with Gasteiger partial charge in [0.05, 0.1) is 5.41 Å². The molecule has 0 radical (unpaired) electrons. The Balaban J connectivity index is 1.79. The Kier molecular flexibility index (Phi) is 4.06. The maximum atomic E-state index is 13.7. The van der Waals surface area contributed by atoms with Crippen LogP contribution in [0, 0.1) is 10.8 Å². The Morgan fingerprint density at radius 2 is 1.46 bits per heavy atom. The van der Waals surface area contributed by atoms with Crippen LogP contribution in [0.15, 0.2) is 28.7 Å². The summed E-state index contributed by atoms with van der Waals surface area (Å²) in [7, 11) is 0. The molecule has 2 aliphatic carbocycles. The van der Waals surface area contributed by atoms with Crippen molar-refractivity contribution in [2.24, 2.45) is 10.8 Å². The van der Waals surface area contributed by atoms with E-state index in [2.05, 4.69) is 15.9 Å². The van der Waals surface area contributed by atoms with E-state index in [0.29, 0.717) is 12.8 Å². The minimum atomic E-state index is -0.844. The third-order valence-electron chi connectivity index (χ3n) is 6.38. The fourth-order valence-electron chi connectivity index (χ4n) is 5.13. The predicted octanol–water partition coefficient (Wildman–Crippen LogP) is 5.13. The van der Waals surface area contributed by atoms with Crippen molar-refractivity contribution in [3.63, 3.8) is 0 Å². The highest BCUT2D eigenvalue weighted by molar-refractivity contribution is 9.10. The molecule has 1 heterocycles. The third-order valence-corrected chi connectivity index (χ3v) is 6.91. The van der Waals surface area contributed by atoms with E-state index in [1.807, 2.05) is 24.3 Å². The first-order valence-corrected chi connectivity index (χ1v) is 9.89. The summed E-state index contributed by atoms with van der Waals surface area (Å²) in [5, 5.41) is 0. The van der Waals surface area contributed by atoms with E-state index in [9.17, 15) is 9.59 Å². The second-order valence-corrected chi connectivity index (χ2v) is 8.59. The second kappa shape index (κ2) is 5.98. The maximum absolute atomic E-state index is 13.7. The van der Waals surface area contributed by atoms with Gasteiger partial charge in [0.1, 0.15) is 11.5 Å². The molecule has 1 aromatic rings. The second-order valence-electron chi connectivity index (χ2n) is 7.67. The molecule has 0 unspecified atom stereocenters. The Hall–Kier alpha value is -1.16. The van der Waals surface area contributed by atoms with Crippen LogP contribution in [0.3, 0.4) is 0 Å². The summed E-state index contributed by atoms with van der Waals surface area (Å²) < 4.78 is 7.03. The number of rotatable bonds is 1. The number of hydrogen-bond donors (Lipinski definition) is 0. The fourth-order valence-corrected chi connectivity index (χ4v) is 5.39. The van der Waals surface area contributed by atoms with Crippen molar-refractivity contribution in [2.45, 2.75) is 63.9 Å². The Morgan fingerprint density at radius 1 is 0.875 bits per heavy atom. The van der Waals surface area contributed by atoms with Crippen molar-refractivity contribution >= 4 is 27.7 Å². The summed E-state index contributed by atoms with van der Waals surface area (Å²) in [5.41, 5.74) is -0.400. The van der Waals surface area contributed by atoms with Gasteiger partial charge in [0, 0.05) is 4.47 Å². The monoisotopic (exact) mass is 390 g/mol. The number of ketones is 1. The molecule has 1 atom stereocenters. The summed E-state index contributed by atoms with van der Waals surface area (Å²) in [5.74, 6) is -0.0783. The molecule has 3 aliphatic rings. The van der Waals surface area contributed by atoms with Gasteiger partial charge in [-0.3, -0.25) is 9.59 Å². The molecule has 128 valence electrons. The minimum absolute atomic E-state index is 0.191. The number of carbonyl (C=O) groups excluding carboxylic acids is 2. The molecule has 24 heavy (non-hydrogen) atoms. The van der Waals surface area contributed by atoms with Gasteiger partial charge in [0.25, 0.3) is 0 Å². The lowest BCUT2D eigenvalue weighted by Crippen LogP contribution is -2.56. The zero-order valence-electron chi connectivity index (χ0n) is 13.9. The van der Waals surface area contributed by atoms with E-state index in [0.717, 1.165) is 48.6 Å². The third kappa shape index (κ3) is 2.29. The Morgan fingerprint density at radius 3 is 2.08 bits per heavy atom. The van der Waals surface area contributed by atoms with Gasteiger partial charge in [-0.25, -0.2) is 0 Å². The molecular weight excluding hydrogens is 368 g/mol. The van der Waals surface area contributed by atoms with Gasteiger partial charge < -0.3 is 4.74 Å². The van der Waals surface area contributed by atoms with Crippen molar-refractivity contribution in [2.75, 3.05) is 0 Å². The van der Waals surface area contributed by atoms with E-state index in [4.69, 9.17) is 4.74 Å². The molecule has 3 nitrogen and oxygen atoms in total. The molecule has 0 bridgehead atoms. The van der Waals surface area contributed by atoms with Gasteiger partial charge >= 0.3 is 5.97 Å². The number of Topliss-reactive ketones (excluding diaryl/α,β-unsaturated/α-hetero) is 1. The van der Waals surface area contributed by atoms with Gasteiger partial charge in [-0.2, -0.15) is 0 Å². The SMILES string of the molecule is O=C1O[C@H](c2ccc(Br)cc2)C2(CCCCC2)C(=O)C12CCCC2. The van der Waals surface area contributed by atoms with E-state index in [1.165, 1.54) is 6.42 Å². The van der Waals surface area contributed by atoms with Gasteiger partial charge in [0.2, 0.25) is 0 Å². The molecule has 2 saturated carbocycles. The summed E-state index contributed by atoms with van der Waals surface area (Å²) in [6, 6.07) is 7.89.